The van der Waals surface area contributed by atoms with E-state index in [1.165, 1.54) is 134 Å². The van der Waals surface area contributed by atoms with E-state index in [4.69, 9.17) is 0 Å². The smallest absolute Gasteiger partial charge is 0.0713 e. The van der Waals surface area contributed by atoms with E-state index < -0.39 is 5.41 Å². The van der Waals surface area contributed by atoms with Crippen molar-refractivity contribution in [1.29, 1.82) is 0 Å². The molecule has 2 aromatic heterocycles. The Bertz CT molecular complexity index is 4080. The predicted octanol–water partition coefficient (Wildman–Crippen LogP) is 18.7. The molecule has 338 valence electrons. The van der Waals surface area contributed by atoms with Gasteiger partial charge in [-0.1, -0.05) is 190 Å². The number of rotatable bonds is 7. The molecule has 1 aliphatic heterocycles. The topological polar surface area (TPSA) is 8.17 Å². The molecule has 1 fully saturated rings. The summed E-state index contributed by atoms with van der Waals surface area (Å²) in [7, 11) is 0. The third kappa shape index (κ3) is 5.37. The maximum atomic E-state index is 4.58. The van der Waals surface area contributed by atoms with Crippen LogP contribution in [0.2, 0.25) is 0 Å². The van der Waals surface area contributed by atoms with E-state index in [2.05, 4.69) is 235 Å². The van der Waals surface area contributed by atoms with Gasteiger partial charge in [-0.15, -0.1) is 11.3 Å². The average molecular weight is 927 g/mol. The Balaban J connectivity index is 1.09. The largest absolute Gasteiger partial charge is 0.310 e. The van der Waals surface area contributed by atoms with E-state index in [-0.39, 0.29) is 5.41 Å². The van der Waals surface area contributed by atoms with Crippen LogP contribution in [0.1, 0.15) is 72.4 Å². The van der Waals surface area contributed by atoms with Gasteiger partial charge in [0.25, 0.3) is 0 Å². The van der Waals surface area contributed by atoms with E-state index in [9.17, 15) is 0 Å². The van der Waals surface area contributed by atoms with Gasteiger partial charge >= 0.3 is 0 Å². The normalized spacial score (nSPS) is 15.8. The van der Waals surface area contributed by atoms with E-state index in [1.807, 2.05) is 11.3 Å². The van der Waals surface area contributed by atoms with Crippen LogP contribution in [0.5, 0.6) is 0 Å². The van der Waals surface area contributed by atoms with Crippen LogP contribution in [0.4, 0.5) is 17.1 Å². The molecule has 0 N–H and O–H groups in total. The number of allylic oxidation sites excluding steroid dienone is 5. The molecular formula is C68H50N2S. The summed E-state index contributed by atoms with van der Waals surface area (Å²) >= 11 is 1.89. The van der Waals surface area contributed by atoms with Crippen molar-refractivity contribution < 1.29 is 0 Å². The third-order valence-electron chi connectivity index (χ3n) is 16.9. The number of fused-ring (bicyclic) bond motifs is 12. The van der Waals surface area contributed by atoms with Crippen LogP contribution in [0, 0.1) is 0 Å². The lowest BCUT2D eigenvalue weighted by Crippen LogP contribution is -2.29. The Labute approximate surface area is 418 Å². The van der Waals surface area contributed by atoms with Crippen LogP contribution in [0.15, 0.2) is 225 Å². The summed E-state index contributed by atoms with van der Waals surface area (Å²) in [5.74, 6) is 0. The zero-order valence-electron chi connectivity index (χ0n) is 39.8. The molecule has 2 nitrogen and oxygen atoms in total. The van der Waals surface area contributed by atoms with E-state index in [0.717, 1.165) is 29.8 Å². The first-order chi connectivity index (χ1) is 35.1. The lowest BCUT2D eigenvalue weighted by Gasteiger charge is -2.37. The molecular weight excluding hydrogens is 877 g/mol. The Kier molecular flexibility index (Phi) is 8.78. The Hall–Kier alpha value is -7.98. The summed E-state index contributed by atoms with van der Waals surface area (Å²) in [6.07, 6.45) is 12.7. The van der Waals surface area contributed by atoms with Crippen LogP contribution in [0.3, 0.4) is 0 Å². The average Bonchev–Trinajstić information content (AvgIpc) is 4.12. The fourth-order valence-corrected chi connectivity index (χ4v) is 15.3. The third-order valence-corrected chi connectivity index (χ3v) is 18.0. The predicted molar refractivity (Wildman–Crippen MR) is 301 cm³/mol. The van der Waals surface area contributed by atoms with Crippen molar-refractivity contribution in [2.24, 2.45) is 0 Å². The molecule has 9 aromatic carbocycles. The standard InChI is InChI=1S/C68H50N2S/c1-3-21-54-47(4-2)53-40-45(35-37-55(53)68(54,43-22-8-5-9-23-43)44-24-10-6-11-25-44)69(46-34-36-50-49-27-14-17-33-61(49)71-62(50)41-46)60-42-57-65-63-51(29-20-30-56(63)67(57)38-18-7-19-39-67)48-26-12-15-31-58(48)70-59-32-16-13-28-52(59)64(60)66(65)70/h3-6,8-17,20-37,40-42H,2,7,18-19,38-39H2,1H3/b21-3-. The van der Waals surface area contributed by atoms with Gasteiger partial charge in [0, 0.05) is 58.9 Å². The summed E-state index contributed by atoms with van der Waals surface area (Å²) in [5, 5.41) is 5.17. The van der Waals surface area contributed by atoms with E-state index in [1.54, 1.807) is 0 Å². The molecule has 11 aromatic rings. The van der Waals surface area contributed by atoms with Crippen molar-refractivity contribution in [1.82, 2.24) is 4.57 Å². The first kappa shape index (κ1) is 40.9. The Morgan fingerprint density at radius 3 is 2.01 bits per heavy atom. The molecule has 3 heteroatoms. The van der Waals surface area contributed by atoms with Gasteiger partial charge in [0.15, 0.2) is 0 Å². The Morgan fingerprint density at radius 2 is 1.23 bits per heavy atom. The zero-order valence-corrected chi connectivity index (χ0v) is 40.6. The highest BCUT2D eigenvalue weighted by Gasteiger charge is 2.49. The van der Waals surface area contributed by atoms with Crippen LogP contribution in [0.25, 0.3) is 75.5 Å². The van der Waals surface area contributed by atoms with Gasteiger partial charge in [-0.05, 0) is 124 Å². The molecule has 3 heterocycles. The summed E-state index contributed by atoms with van der Waals surface area (Å²) in [5.41, 5.74) is 22.6. The molecule has 0 bridgehead atoms. The maximum absolute atomic E-state index is 4.58. The number of hydrogen-bond acceptors (Lipinski definition) is 2. The molecule has 0 radical (unpaired) electrons. The van der Waals surface area contributed by atoms with Crippen molar-refractivity contribution in [2.45, 2.75) is 49.9 Å². The molecule has 1 saturated carbocycles. The number of benzene rings is 9. The number of para-hydroxylation sites is 2. The minimum Gasteiger partial charge on any atom is -0.310 e. The number of nitrogens with zero attached hydrogens (tertiary/aromatic N) is 2. The van der Waals surface area contributed by atoms with E-state index >= 15 is 0 Å². The van der Waals surface area contributed by atoms with Crippen molar-refractivity contribution in [2.75, 3.05) is 4.90 Å². The number of thiophene rings is 1. The fraction of sp³-hybridized carbons (Fsp3) is 0.118. The first-order valence-corrected chi connectivity index (χ1v) is 26.3. The highest BCUT2D eigenvalue weighted by Crippen LogP contribution is 2.64. The lowest BCUT2D eigenvalue weighted by molar-refractivity contribution is 0.353. The quantitative estimate of drug-likeness (QED) is 0.155. The first-order valence-electron chi connectivity index (χ1n) is 25.5. The lowest BCUT2D eigenvalue weighted by atomic mass is 9.66. The SMILES string of the molecule is C=CC1=C(/C=C\C)C(c2ccccc2)(c2ccccc2)c2ccc(N(c3ccc4c(c3)sc3ccccc34)c3cc4c5c6c3c3ccccc3n6-c3ccccc3-c3cccc(c3-5)C43CCCCC3)cc21. The molecule has 15 rings (SSSR count). The Morgan fingerprint density at radius 1 is 0.549 bits per heavy atom. The van der Waals surface area contributed by atoms with Gasteiger partial charge in [-0.25, -0.2) is 0 Å². The molecule has 0 amide bonds. The van der Waals surface area contributed by atoms with Crippen molar-refractivity contribution in [3.63, 3.8) is 0 Å². The van der Waals surface area contributed by atoms with Gasteiger partial charge in [0.05, 0.1) is 27.8 Å². The minimum atomic E-state index is -0.555. The second-order valence-electron chi connectivity index (χ2n) is 20.1. The van der Waals surface area contributed by atoms with Crippen molar-refractivity contribution >= 4 is 76.0 Å². The highest BCUT2D eigenvalue weighted by molar-refractivity contribution is 7.25. The molecule has 0 saturated heterocycles. The van der Waals surface area contributed by atoms with Gasteiger partial charge in [-0.3, -0.25) is 0 Å². The van der Waals surface area contributed by atoms with Gasteiger partial charge in [-0.2, -0.15) is 0 Å². The van der Waals surface area contributed by atoms with Crippen molar-refractivity contribution in [3.8, 4) is 27.9 Å². The van der Waals surface area contributed by atoms with Crippen LogP contribution >= 0.6 is 11.3 Å². The van der Waals surface area contributed by atoms with Crippen LogP contribution in [-0.4, -0.2) is 4.57 Å². The van der Waals surface area contributed by atoms with Gasteiger partial charge < -0.3 is 9.47 Å². The number of anilines is 3. The second kappa shape index (κ2) is 15.3. The van der Waals surface area contributed by atoms with E-state index in [0.29, 0.717) is 0 Å². The number of hydrogen-bond donors (Lipinski definition) is 0. The fourth-order valence-electron chi connectivity index (χ4n) is 14.1. The van der Waals surface area contributed by atoms with Crippen molar-refractivity contribution in [3.05, 3.63) is 258 Å². The number of aromatic nitrogens is 1. The second-order valence-corrected chi connectivity index (χ2v) is 21.2. The molecule has 4 aliphatic rings. The highest BCUT2D eigenvalue weighted by atomic mass is 32.1. The molecule has 71 heavy (non-hydrogen) atoms. The van der Waals surface area contributed by atoms with Crippen LogP contribution in [-0.2, 0) is 10.8 Å². The zero-order chi connectivity index (χ0) is 47.0. The molecule has 1 spiro atoms. The monoisotopic (exact) mass is 926 g/mol. The summed E-state index contributed by atoms with van der Waals surface area (Å²) in [4.78, 5) is 2.63. The minimum absolute atomic E-state index is 0.0838. The summed E-state index contributed by atoms with van der Waals surface area (Å²) in [6.45, 7) is 6.72. The summed E-state index contributed by atoms with van der Waals surface area (Å²) < 4.78 is 5.24. The molecule has 3 aliphatic carbocycles. The summed E-state index contributed by atoms with van der Waals surface area (Å²) in [6, 6.07) is 73.9. The maximum Gasteiger partial charge on any atom is 0.0713 e. The molecule has 0 unspecified atom stereocenters. The van der Waals surface area contributed by atoms with Crippen LogP contribution < -0.4 is 4.90 Å². The van der Waals surface area contributed by atoms with Gasteiger partial charge in [0.2, 0.25) is 0 Å². The molecule has 0 atom stereocenters. The van der Waals surface area contributed by atoms with Gasteiger partial charge in [0.1, 0.15) is 0 Å².